The van der Waals surface area contributed by atoms with Gasteiger partial charge in [0.25, 0.3) is 0 Å². The van der Waals surface area contributed by atoms with Gasteiger partial charge in [-0.25, -0.2) is 4.39 Å². The Morgan fingerprint density at radius 3 is 2.69 bits per heavy atom. The third kappa shape index (κ3) is 3.46. The van der Waals surface area contributed by atoms with Crippen molar-refractivity contribution in [3.05, 3.63) is 58.9 Å². The van der Waals surface area contributed by atoms with Crippen molar-refractivity contribution in [2.45, 2.75) is 37.2 Å². The van der Waals surface area contributed by atoms with Gasteiger partial charge in [0, 0.05) is 22.9 Å². The number of carbonyl (C=O) groups excluding carboxylic acids is 1. The van der Waals surface area contributed by atoms with Gasteiger partial charge in [-0.1, -0.05) is 19.1 Å². The minimum Gasteiger partial charge on any atom is -0.481 e. The molecule has 2 aromatic carbocycles. The minimum absolute atomic E-state index is 0.0307. The first-order valence-electron chi connectivity index (χ1n) is 8.32. The number of carboxylic acids is 1. The van der Waals surface area contributed by atoms with E-state index in [1.165, 1.54) is 23.9 Å². The maximum Gasteiger partial charge on any atom is 0.313 e. The Morgan fingerprint density at radius 2 is 2.04 bits per heavy atom. The molecule has 0 spiro atoms. The summed E-state index contributed by atoms with van der Waals surface area (Å²) in [6.45, 7) is 3.73. The molecule has 0 bridgehead atoms. The summed E-state index contributed by atoms with van der Waals surface area (Å²) in [6.07, 6.45) is 0.878. The Morgan fingerprint density at radius 1 is 1.27 bits per heavy atom. The lowest BCUT2D eigenvalue weighted by Gasteiger charge is -2.26. The first kappa shape index (κ1) is 18.5. The van der Waals surface area contributed by atoms with Gasteiger partial charge in [0.1, 0.15) is 11.6 Å². The Labute approximate surface area is 155 Å². The smallest absolute Gasteiger partial charge is 0.313 e. The summed E-state index contributed by atoms with van der Waals surface area (Å²) in [4.78, 5) is 24.7. The summed E-state index contributed by atoms with van der Waals surface area (Å²) in [5.74, 6) is -1.03. The third-order valence-electron chi connectivity index (χ3n) is 4.58. The molecule has 0 aromatic heterocycles. The van der Waals surface area contributed by atoms with Crippen LogP contribution in [-0.2, 0) is 11.2 Å². The predicted molar refractivity (Wildman–Crippen MR) is 97.6 cm³/mol. The van der Waals surface area contributed by atoms with Gasteiger partial charge in [-0.05, 0) is 42.7 Å². The summed E-state index contributed by atoms with van der Waals surface area (Å²) in [7, 11) is 0. The molecule has 6 heteroatoms. The predicted octanol–water partition coefficient (Wildman–Crippen LogP) is 4.28. The van der Waals surface area contributed by atoms with Crippen LogP contribution in [0.5, 0.6) is 5.75 Å². The van der Waals surface area contributed by atoms with Crippen LogP contribution < -0.4 is 4.74 Å². The van der Waals surface area contributed by atoms with Gasteiger partial charge in [0.05, 0.1) is 5.75 Å². The number of benzene rings is 2. The van der Waals surface area contributed by atoms with Gasteiger partial charge in [-0.3, -0.25) is 9.59 Å². The van der Waals surface area contributed by atoms with Crippen LogP contribution in [0, 0.1) is 12.7 Å². The number of aryl methyl sites for hydroxylation is 1. The number of carbonyl (C=O) groups is 2. The molecular weight excluding hydrogens is 355 g/mol. The van der Waals surface area contributed by atoms with Crippen LogP contribution >= 0.6 is 11.8 Å². The van der Waals surface area contributed by atoms with Crippen molar-refractivity contribution in [2.75, 3.05) is 5.75 Å². The zero-order chi connectivity index (χ0) is 18.9. The van der Waals surface area contributed by atoms with Gasteiger partial charge >= 0.3 is 5.97 Å². The average molecular weight is 374 g/mol. The number of aliphatic carboxylic acids is 1. The van der Waals surface area contributed by atoms with Gasteiger partial charge in [0.15, 0.2) is 5.60 Å². The van der Waals surface area contributed by atoms with Crippen LogP contribution in [-0.4, -0.2) is 28.2 Å². The maximum atomic E-state index is 13.5. The van der Waals surface area contributed by atoms with Crippen LogP contribution in [0.2, 0.25) is 0 Å². The molecule has 1 heterocycles. The zero-order valence-electron chi connectivity index (χ0n) is 14.5. The molecule has 136 valence electrons. The van der Waals surface area contributed by atoms with Crippen molar-refractivity contribution in [2.24, 2.45) is 0 Å². The molecule has 0 saturated carbocycles. The Kier molecular flexibility index (Phi) is 5.05. The van der Waals surface area contributed by atoms with E-state index >= 15 is 0 Å². The van der Waals surface area contributed by atoms with E-state index in [1.54, 1.807) is 24.3 Å². The molecule has 26 heavy (non-hydrogen) atoms. The van der Waals surface area contributed by atoms with Crippen LogP contribution in [0.3, 0.4) is 0 Å². The molecule has 1 unspecified atom stereocenters. The molecule has 1 N–H and O–H groups in total. The van der Waals surface area contributed by atoms with Crippen molar-refractivity contribution in [1.82, 2.24) is 0 Å². The number of rotatable bonds is 6. The van der Waals surface area contributed by atoms with E-state index in [0.717, 1.165) is 16.0 Å². The summed E-state index contributed by atoms with van der Waals surface area (Å²) >= 11 is 1.22. The highest BCUT2D eigenvalue weighted by molar-refractivity contribution is 8.00. The van der Waals surface area contributed by atoms with Crippen LogP contribution in [0.15, 0.2) is 41.3 Å². The Balaban J connectivity index is 1.86. The molecule has 1 atom stereocenters. The van der Waals surface area contributed by atoms with Crippen molar-refractivity contribution in [3.63, 3.8) is 0 Å². The number of hydrogen-bond acceptors (Lipinski definition) is 4. The molecule has 3 rings (SSSR count). The second-order valence-corrected chi connectivity index (χ2v) is 7.39. The Hall–Kier alpha value is -2.34. The fourth-order valence-electron chi connectivity index (χ4n) is 3.16. The van der Waals surface area contributed by atoms with E-state index < -0.39 is 17.4 Å². The highest BCUT2D eigenvalue weighted by atomic mass is 32.2. The highest BCUT2D eigenvalue weighted by Gasteiger charge is 2.45. The second kappa shape index (κ2) is 7.11. The first-order valence-corrected chi connectivity index (χ1v) is 9.30. The maximum absolute atomic E-state index is 13.5. The number of ether oxygens (including phenoxy) is 1. The van der Waals surface area contributed by atoms with Crippen molar-refractivity contribution in [3.8, 4) is 5.75 Å². The minimum atomic E-state index is -1.03. The number of Topliss-reactive ketones (excluding diaryl/α,β-unsaturated/α-hetero) is 1. The molecule has 0 radical (unpaired) electrons. The van der Waals surface area contributed by atoms with Gasteiger partial charge < -0.3 is 9.84 Å². The number of ketones is 1. The standard InChI is InChI=1S/C20H19FO4S/c1-3-20(10-14-4-6-15(21)9-16(14)25-20)19(24)13-5-7-17(12(2)8-13)26-11-18(22)23/h4-9H,3,10-11H2,1-2H3,(H,22,23). The molecule has 2 aromatic rings. The van der Waals surface area contributed by atoms with E-state index in [1.807, 2.05) is 13.8 Å². The molecule has 1 aliphatic heterocycles. The third-order valence-corrected chi connectivity index (χ3v) is 5.74. The lowest BCUT2D eigenvalue weighted by Crippen LogP contribution is -2.42. The highest BCUT2D eigenvalue weighted by Crippen LogP contribution is 2.39. The lowest BCUT2D eigenvalue weighted by atomic mass is 9.86. The summed E-state index contributed by atoms with van der Waals surface area (Å²) in [6, 6.07) is 9.57. The number of hydrogen-bond donors (Lipinski definition) is 1. The lowest BCUT2D eigenvalue weighted by molar-refractivity contribution is -0.133. The summed E-state index contributed by atoms with van der Waals surface area (Å²) < 4.78 is 19.4. The van der Waals surface area contributed by atoms with E-state index in [2.05, 4.69) is 0 Å². The number of halogens is 1. The largest absolute Gasteiger partial charge is 0.481 e. The normalized spacial score (nSPS) is 18.3. The number of carboxylic acid groups (broad SMARTS) is 1. The molecule has 0 amide bonds. The van der Waals surface area contributed by atoms with E-state index in [0.29, 0.717) is 24.2 Å². The van der Waals surface area contributed by atoms with Crippen LogP contribution in [0.25, 0.3) is 0 Å². The topological polar surface area (TPSA) is 63.6 Å². The molecule has 0 aliphatic carbocycles. The molecule has 1 aliphatic rings. The number of thioether (sulfide) groups is 1. The summed E-state index contributed by atoms with van der Waals surface area (Å²) in [5, 5.41) is 8.81. The van der Waals surface area contributed by atoms with Crippen molar-refractivity contribution < 1.29 is 23.8 Å². The zero-order valence-corrected chi connectivity index (χ0v) is 15.4. The quantitative estimate of drug-likeness (QED) is 0.604. The van der Waals surface area contributed by atoms with Gasteiger partial charge in [0.2, 0.25) is 5.78 Å². The van der Waals surface area contributed by atoms with E-state index in [-0.39, 0.29) is 11.5 Å². The monoisotopic (exact) mass is 374 g/mol. The van der Waals surface area contributed by atoms with Crippen LogP contribution in [0.4, 0.5) is 4.39 Å². The SMILES string of the molecule is CCC1(C(=O)c2ccc(SCC(=O)O)c(C)c2)Cc2ccc(F)cc2O1. The van der Waals surface area contributed by atoms with Crippen LogP contribution in [0.1, 0.15) is 34.8 Å². The fraction of sp³-hybridized carbons (Fsp3) is 0.300. The molecular formula is C20H19FO4S. The molecule has 4 nitrogen and oxygen atoms in total. The van der Waals surface area contributed by atoms with Crippen molar-refractivity contribution in [1.29, 1.82) is 0 Å². The van der Waals surface area contributed by atoms with Crippen molar-refractivity contribution >= 4 is 23.5 Å². The Bertz CT molecular complexity index is 880. The van der Waals surface area contributed by atoms with Gasteiger partial charge in [-0.2, -0.15) is 0 Å². The first-order chi connectivity index (χ1) is 12.3. The van der Waals surface area contributed by atoms with E-state index in [9.17, 15) is 14.0 Å². The number of fused-ring (bicyclic) bond motifs is 1. The molecule has 0 fully saturated rings. The second-order valence-electron chi connectivity index (χ2n) is 6.37. The summed E-state index contributed by atoms with van der Waals surface area (Å²) in [5.41, 5.74) is 1.15. The van der Waals surface area contributed by atoms with E-state index in [4.69, 9.17) is 9.84 Å². The van der Waals surface area contributed by atoms with Gasteiger partial charge in [-0.15, -0.1) is 11.8 Å². The fourth-order valence-corrected chi connectivity index (χ4v) is 3.89. The average Bonchev–Trinajstić information content (AvgIpc) is 2.99. The molecule has 0 saturated heterocycles.